The molecule has 1 saturated heterocycles. The smallest absolute Gasteiger partial charge is 0.241 e. The van der Waals surface area contributed by atoms with Crippen LogP contribution in [0.4, 0.5) is 5.69 Å². The Labute approximate surface area is 107 Å². The molecule has 0 atom stereocenters. The third-order valence-corrected chi connectivity index (χ3v) is 3.45. The number of carbonyl (C=O) groups is 1. The Bertz CT molecular complexity index is 457. The molecule has 17 heavy (non-hydrogen) atoms. The van der Waals surface area contributed by atoms with Gasteiger partial charge in [-0.25, -0.2) is 0 Å². The predicted octanol–water partition coefficient (Wildman–Crippen LogP) is 2.36. The molecule has 1 aliphatic heterocycles. The molecule has 1 N–H and O–H groups in total. The molecule has 2 rings (SSSR count). The Morgan fingerprint density at radius 3 is 2.76 bits per heavy atom. The largest absolute Gasteiger partial charge is 0.309 e. The van der Waals surface area contributed by atoms with E-state index in [1.807, 2.05) is 25.1 Å². The van der Waals surface area contributed by atoms with Crippen molar-refractivity contribution < 1.29 is 4.79 Å². The van der Waals surface area contributed by atoms with Crippen molar-refractivity contribution >= 4 is 23.2 Å². The van der Waals surface area contributed by atoms with E-state index in [0.717, 1.165) is 11.3 Å². The topological polar surface area (TPSA) is 32.3 Å². The lowest BCUT2D eigenvalue weighted by atomic mass is 10.0. The highest BCUT2D eigenvalue weighted by molar-refractivity contribution is 6.31. The van der Waals surface area contributed by atoms with Gasteiger partial charge in [-0.2, -0.15) is 0 Å². The first kappa shape index (κ1) is 12.4. The standard InChI is InChI=1S/C13H17ClN2O/c1-9-4-5-10(6-11(9)14)16-8-13(2,3)15-7-12(16)17/h4-6,15H,7-8H2,1-3H3. The molecule has 3 nitrogen and oxygen atoms in total. The number of nitrogens with zero attached hydrogens (tertiary/aromatic N) is 1. The van der Waals surface area contributed by atoms with Gasteiger partial charge in [-0.05, 0) is 38.5 Å². The zero-order valence-electron chi connectivity index (χ0n) is 10.4. The van der Waals surface area contributed by atoms with E-state index in [4.69, 9.17) is 11.6 Å². The van der Waals surface area contributed by atoms with Gasteiger partial charge in [0.2, 0.25) is 5.91 Å². The second kappa shape index (κ2) is 4.31. The number of halogens is 1. The number of anilines is 1. The van der Waals surface area contributed by atoms with Crippen molar-refractivity contribution in [3.05, 3.63) is 28.8 Å². The van der Waals surface area contributed by atoms with Gasteiger partial charge < -0.3 is 10.2 Å². The first-order valence-corrected chi connectivity index (χ1v) is 6.08. The molecule has 0 unspecified atom stereocenters. The minimum Gasteiger partial charge on any atom is -0.309 e. The zero-order chi connectivity index (χ0) is 12.6. The minimum absolute atomic E-state index is 0.0642. The van der Waals surface area contributed by atoms with Crippen molar-refractivity contribution in [1.29, 1.82) is 0 Å². The normalized spacial score (nSPS) is 19.5. The molecule has 0 aliphatic carbocycles. The quantitative estimate of drug-likeness (QED) is 0.832. The number of benzene rings is 1. The highest BCUT2D eigenvalue weighted by Gasteiger charge is 2.31. The molecular formula is C13H17ClN2O. The Morgan fingerprint density at radius 2 is 2.12 bits per heavy atom. The molecule has 0 spiro atoms. The van der Waals surface area contributed by atoms with Crippen LogP contribution in [0.1, 0.15) is 19.4 Å². The summed E-state index contributed by atoms with van der Waals surface area (Å²) in [7, 11) is 0. The van der Waals surface area contributed by atoms with Crippen molar-refractivity contribution in [3.63, 3.8) is 0 Å². The van der Waals surface area contributed by atoms with E-state index in [0.29, 0.717) is 18.1 Å². The Kier molecular flexibility index (Phi) is 3.15. The van der Waals surface area contributed by atoms with Crippen LogP contribution in [0, 0.1) is 6.92 Å². The van der Waals surface area contributed by atoms with Gasteiger partial charge >= 0.3 is 0 Å². The average molecular weight is 253 g/mol. The van der Waals surface area contributed by atoms with Gasteiger partial charge in [0.05, 0.1) is 6.54 Å². The molecule has 0 saturated carbocycles. The lowest BCUT2D eigenvalue weighted by molar-refractivity contribution is -0.119. The molecule has 0 aromatic heterocycles. The molecule has 1 amide bonds. The lowest BCUT2D eigenvalue weighted by Gasteiger charge is -2.38. The van der Waals surface area contributed by atoms with Crippen LogP contribution in [0.15, 0.2) is 18.2 Å². The number of aryl methyl sites for hydroxylation is 1. The van der Waals surface area contributed by atoms with Crippen LogP contribution in [0.5, 0.6) is 0 Å². The number of nitrogens with one attached hydrogen (secondary N) is 1. The first-order valence-electron chi connectivity index (χ1n) is 5.71. The summed E-state index contributed by atoms with van der Waals surface area (Å²) in [4.78, 5) is 13.7. The third kappa shape index (κ3) is 2.61. The summed E-state index contributed by atoms with van der Waals surface area (Å²) in [5.74, 6) is 0.0873. The van der Waals surface area contributed by atoms with Crippen LogP contribution in [-0.4, -0.2) is 24.5 Å². The maximum atomic E-state index is 11.9. The molecule has 4 heteroatoms. The highest BCUT2D eigenvalue weighted by Crippen LogP contribution is 2.25. The van der Waals surface area contributed by atoms with E-state index in [2.05, 4.69) is 19.2 Å². The van der Waals surface area contributed by atoms with Crippen LogP contribution < -0.4 is 10.2 Å². The monoisotopic (exact) mass is 252 g/mol. The van der Waals surface area contributed by atoms with E-state index in [1.54, 1.807) is 4.90 Å². The number of piperazine rings is 1. The molecule has 1 heterocycles. The predicted molar refractivity (Wildman–Crippen MR) is 70.6 cm³/mol. The maximum absolute atomic E-state index is 11.9. The molecule has 1 fully saturated rings. The number of amides is 1. The molecule has 1 aromatic carbocycles. The summed E-state index contributed by atoms with van der Waals surface area (Å²) in [6.45, 7) is 7.16. The van der Waals surface area contributed by atoms with E-state index in [-0.39, 0.29) is 11.4 Å². The molecular weight excluding hydrogens is 236 g/mol. The van der Waals surface area contributed by atoms with Gasteiger partial charge in [0, 0.05) is 22.8 Å². The van der Waals surface area contributed by atoms with E-state index < -0.39 is 0 Å². The molecule has 92 valence electrons. The van der Waals surface area contributed by atoms with Crippen molar-refractivity contribution in [1.82, 2.24) is 5.32 Å². The first-order chi connectivity index (χ1) is 7.89. The van der Waals surface area contributed by atoms with Crippen molar-refractivity contribution in [2.75, 3.05) is 18.0 Å². The van der Waals surface area contributed by atoms with Gasteiger partial charge in [0.25, 0.3) is 0 Å². The van der Waals surface area contributed by atoms with Gasteiger partial charge in [0.15, 0.2) is 0 Å². The molecule has 1 aliphatic rings. The van der Waals surface area contributed by atoms with Crippen LogP contribution in [0.3, 0.4) is 0 Å². The summed E-state index contributed by atoms with van der Waals surface area (Å²) < 4.78 is 0. The number of rotatable bonds is 1. The number of hydrogen-bond acceptors (Lipinski definition) is 2. The van der Waals surface area contributed by atoms with Gasteiger partial charge in [-0.1, -0.05) is 17.7 Å². The van der Waals surface area contributed by atoms with Gasteiger partial charge in [-0.3, -0.25) is 4.79 Å². The summed E-state index contributed by atoms with van der Waals surface area (Å²) in [6.07, 6.45) is 0. The SMILES string of the molecule is Cc1ccc(N2CC(C)(C)NCC2=O)cc1Cl. The van der Waals surface area contributed by atoms with Crippen molar-refractivity contribution in [3.8, 4) is 0 Å². The zero-order valence-corrected chi connectivity index (χ0v) is 11.1. The Morgan fingerprint density at radius 1 is 1.41 bits per heavy atom. The van der Waals surface area contributed by atoms with Gasteiger partial charge in [-0.15, -0.1) is 0 Å². The van der Waals surface area contributed by atoms with E-state index in [1.165, 1.54) is 0 Å². The van der Waals surface area contributed by atoms with Crippen LogP contribution in [0.25, 0.3) is 0 Å². The highest BCUT2D eigenvalue weighted by atomic mass is 35.5. The van der Waals surface area contributed by atoms with E-state index in [9.17, 15) is 4.79 Å². The summed E-state index contributed by atoms with van der Waals surface area (Å²) in [5.41, 5.74) is 1.84. The second-order valence-corrected chi connectivity index (χ2v) is 5.56. The second-order valence-electron chi connectivity index (χ2n) is 5.15. The van der Waals surface area contributed by atoms with Crippen LogP contribution >= 0.6 is 11.6 Å². The minimum atomic E-state index is -0.0642. The molecule has 0 bridgehead atoms. The average Bonchev–Trinajstić information content (AvgIpc) is 2.26. The molecule has 0 radical (unpaired) electrons. The molecule has 1 aromatic rings. The summed E-state index contributed by atoms with van der Waals surface area (Å²) >= 11 is 6.10. The van der Waals surface area contributed by atoms with E-state index >= 15 is 0 Å². The van der Waals surface area contributed by atoms with Crippen LogP contribution in [-0.2, 0) is 4.79 Å². The Balaban J connectivity index is 2.31. The maximum Gasteiger partial charge on any atom is 0.241 e. The van der Waals surface area contributed by atoms with Crippen LogP contribution in [0.2, 0.25) is 5.02 Å². The fourth-order valence-corrected chi connectivity index (χ4v) is 2.11. The summed E-state index contributed by atoms with van der Waals surface area (Å²) in [5, 5.41) is 3.91. The number of carbonyl (C=O) groups excluding carboxylic acids is 1. The fraction of sp³-hybridized carbons (Fsp3) is 0.462. The van der Waals surface area contributed by atoms with Crippen molar-refractivity contribution in [2.24, 2.45) is 0 Å². The lowest BCUT2D eigenvalue weighted by Crippen LogP contribution is -2.59. The fourth-order valence-electron chi connectivity index (χ4n) is 1.93. The summed E-state index contributed by atoms with van der Waals surface area (Å²) in [6, 6.07) is 5.75. The third-order valence-electron chi connectivity index (χ3n) is 3.04. The van der Waals surface area contributed by atoms with Gasteiger partial charge in [0.1, 0.15) is 0 Å². The Hall–Kier alpha value is -1.06. The van der Waals surface area contributed by atoms with Crippen molar-refractivity contribution in [2.45, 2.75) is 26.3 Å². The number of hydrogen-bond donors (Lipinski definition) is 1.